The Bertz CT molecular complexity index is 2030. The number of nitrogens with one attached hydrogen (secondary N) is 3. The van der Waals surface area contributed by atoms with E-state index in [1.54, 1.807) is 53.6 Å². The molecule has 56 heavy (non-hydrogen) atoms. The molecular formula is C39H43ClF3N9O4. The lowest BCUT2D eigenvalue weighted by atomic mass is 10.1. The molecular weight excluding hydrogens is 751 g/mol. The number of rotatable bonds is 5. The summed E-state index contributed by atoms with van der Waals surface area (Å²) in [6.07, 6.45) is 2.73. The van der Waals surface area contributed by atoms with Crippen molar-refractivity contribution in [3.05, 3.63) is 142 Å². The lowest BCUT2D eigenvalue weighted by Gasteiger charge is -2.33. The minimum absolute atomic E-state index is 0. The summed E-state index contributed by atoms with van der Waals surface area (Å²) >= 11 is 0. The number of nitrogens with zero attached hydrogens (tertiary/aromatic N) is 5. The van der Waals surface area contributed by atoms with Crippen LogP contribution in [0, 0.1) is 22.9 Å². The highest BCUT2D eigenvalue weighted by molar-refractivity contribution is 5.85. The van der Waals surface area contributed by atoms with Crippen molar-refractivity contribution in [2.45, 2.75) is 18.3 Å². The van der Waals surface area contributed by atoms with Crippen molar-refractivity contribution in [3.63, 3.8) is 0 Å². The summed E-state index contributed by atoms with van der Waals surface area (Å²) in [6.45, 7) is 5.71. The van der Waals surface area contributed by atoms with E-state index in [0.29, 0.717) is 56.7 Å². The van der Waals surface area contributed by atoms with Crippen LogP contribution in [0.3, 0.4) is 0 Å². The summed E-state index contributed by atoms with van der Waals surface area (Å²) < 4.78 is 55.4. The van der Waals surface area contributed by atoms with Crippen LogP contribution >= 0.6 is 12.4 Å². The zero-order valence-electron chi connectivity index (χ0n) is 30.3. The molecule has 13 nitrogen and oxygen atoms in total. The van der Waals surface area contributed by atoms with Crippen molar-refractivity contribution in [1.29, 1.82) is 5.41 Å². The molecule has 0 unspecified atom stereocenters. The van der Waals surface area contributed by atoms with Gasteiger partial charge in [0.1, 0.15) is 36.0 Å². The van der Waals surface area contributed by atoms with E-state index in [-0.39, 0.29) is 59.7 Å². The van der Waals surface area contributed by atoms with E-state index in [2.05, 4.69) is 25.3 Å². The van der Waals surface area contributed by atoms with Crippen molar-refractivity contribution in [2.75, 3.05) is 64.0 Å². The van der Waals surface area contributed by atoms with E-state index in [9.17, 15) is 18.0 Å². The highest BCUT2D eigenvalue weighted by Gasteiger charge is 2.25. The SMILES string of the molecule is Cl.Fc1ccc([C@H]2CNCCO2)cc1.N=C(N)N1CCO[C@@H](c2ccc(F)cc2)C1.O=c1cc(-c2ccncn2)nc(N2CCO[C@@H](c3ccc(F)cc3)C2)[nH]1. The number of benzene rings is 3. The van der Waals surface area contributed by atoms with Crippen LogP contribution in [0.4, 0.5) is 19.1 Å². The number of hydrogen-bond acceptors (Lipinski definition) is 10. The van der Waals surface area contributed by atoms with Crippen LogP contribution in [-0.4, -0.2) is 89.9 Å². The number of hydrogen-bond donors (Lipinski definition) is 4. The molecule has 5 aromatic rings. The van der Waals surface area contributed by atoms with Gasteiger partial charge in [0.2, 0.25) is 5.95 Å². The molecule has 296 valence electrons. The van der Waals surface area contributed by atoms with Gasteiger partial charge < -0.3 is 35.1 Å². The smallest absolute Gasteiger partial charge is 0.252 e. The predicted molar refractivity (Wildman–Crippen MR) is 207 cm³/mol. The highest BCUT2D eigenvalue weighted by atomic mass is 35.5. The van der Waals surface area contributed by atoms with Crippen LogP contribution in [-0.2, 0) is 14.2 Å². The largest absolute Gasteiger partial charge is 0.371 e. The van der Waals surface area contributed by atoms with E-state index in [1.165, 1.54) is 48.8 Å². The molecule has 5 N–H and O–H groups in total. The average molecular weight is 794 g/mol. The summed E-state index contributed by atoms with van der Waals surface area (Å²) in [4.78, 5) is 31.1. The first-order chi connectivity index (χ1) is 26.7. The maximum atomic E-state index is 13.1. The van der Waals surface area contributed by atoms with E-state index >= 15 is 0 Å². The Morgan fingerprint density at radius 1 is 0.750 bits per heavy atom. The monoisotopic (exact) mass is 793 g/mol. The van der Waals surface area contributed by atoms with Crippen molar-refractivity contribution < 1.29 is 27.4 Å². The van der Waals surface area contributed by atoms with E-state index in [1.807, 2.05) is 4.90 Å². The number of guanidine groups is 1. The van der Waals surface area contributed by atoms with Gasteiger partial charge in [0, 0.05) is 38.4 Å². The minimum atomic E-state index is -0.287. The fourth-order valence-electron chi connectivity index (χ4n) is 6.09. The Balaban J connectivity index is 0.000000172. The molecule has 17 heteroatoms. The van der Waals surface area contributed by atoms with Crippen LogP contribution in [0.2, 0.25) is 0 Å². The number of morpholine rings is 3. The van der Waals surface area contributed by atoms with Crippen LogP contribution < -0.4 is 21.5 Å². The number of halogens is 4. The van der Waals surface area contributed by atoms with Crippen LogP contribution in [0.15, 0.2) is 102 Å². The number of nitrogens with two attached hydrogens (primary N) is 1. The van der Waals surface area contributed by atoms with Gasteiger partial charge in [-0.3, -0.25) is 15.2 Å². The second kappa shape index (κ2) is 20.5. The first-order valence-corrected chi connectivity index (χ1v) is 17.8. The number of aromatic amines is 1. The van der Waals surface area contributed by atoms with Crippen LogP contribution in [0.25, 0.3) is 11.4 Å². The zero-order valence-corrected chi connectivity index (χ0v) is 31.1. The number of ether oxygens (including phenoxy) is 3. The van der Waals surface area contributed by atoms with Gasteiger partial charge in [0.25, 0.3) is 5.56 Å². The molecule has 0 radical (unpaired) electrons. The quantitative estimate of drug-likeness (QED) is 0.141. The molecule has 2 aromatic heterocycles. The first-order valence-electron chi connectivity index (χ1n) is 17.8. The van der Waals surface area contributed by atoms with Gasteiger partial charge in [-0.05, 0) is 59.2 Å². The van der Waals surface area contributed by atoms with Gasteiger partial charge in [-0.1, -0.05) is 36.4 Å². The molecule has 3 aromatic carbocycles. The standard InChI is InChI=1S/C18H16FN5O2.C11H14FN3O.C10H12FNO.ClH/c19-13-3-1-12(2-4-13)16-10-24(7-8-26-16)18-22-15(9-17(25)23-18)14-5-6-20-11-21-14;12-9-3-1-8(2-4-9)10-7-15(11(13)14)5-6-16-10;11-9-3-1-8(2-4-9)10-7-12-5-6-13-10;/h1-6,9,11,16H,7-8,10H2,(H,22,23,25);1-4,10H,5-7H2,(H3,13,14);1-4,10,12H,5-7H2;1H/t16-;2*10-;/m111./s1. The summed E-state index contributed by atoms with van der Waals surface area (Å²) in [7, 11) is 0. The lowest BCUT2D eigenvalue weighted by molar-refractivity contribution is -0.00754. The third-order valence-electron chi connectivity index (χ3n) is 9.00. The molecule has 3 saturated heterocycles. The van der Waals surface area contributed by atoms with Gasteiger partial charge in [-0.2, -0.15) is 0 Å². The Kier molecular flexibility index (Phi) is 15.3. The molecule has 0 amide bonds. The Hall–Kier alpha value is -5.39. The van der Waals surface area contributed by atoms with Gasteiger partial charge in [-0.25, -0.2) is 28.1 Å². The third kappa shape index (κ3) is 11.8. The zero-order chi connectivity index (χ0) is 38.6. The van der Waals surface area contributed by atoms with Crippen molar-refractivity contribution in [2.24, 2.45) is 5.73 Å². The van der Waals surface area contributed by atoms with Crippen LogP contribution in [0.5, 0.6) is 0 Å². The van der Waals surface area contributed by atoms with Crippen molar-refractivity contribution in [3.8, 4) is 11.4 Å². The molecule has 0 bridgehead atoms. The molecule has 0 saturated carbocycles. The first kappa shape index (κ1) is 41.8. The predicted octanol–water partition coefficient (Wildman–Crippen LogP) is 4.94. The summed E-state index contributed by atoms with van der Waals surface area (Å²) in [5, 5.41) is 10.6. The Morgan fingerprint density at radius 2 is 1.30 bits per heavy atom. The highest BCUT2D eigenvalue weighted by Crippen LogP contribution is 2.26. The molecule has 3 fully saturated rings. The van der Waals surface area contributed by atoms with Gasteiger partial charge in [-0.15, -0.1) is 12.4 Å². The third-order valence-corrected chi connectivity index (χ3v) is 9.00. The maximum absolute atomic E-state index is 13.1. The second-order valence-electron chi connectivity index (χ2n) is 12.8. The topological polar surface area (TPSA) is 168 Å². The number of H-pyrrole nitrogens is 1. The maximum Gasteiger partial charge on any atom is 0.252 e. The molecule has 5 heterocycles. The average Bonchev–Trinajstić information content (AvgIpc) is 3.23. The van der Waals surface area contributed by atoms with Gasteiger partial charge in [0.15, 0.2) is 5.96 Å². The van der Waals surface area contributed by atoms with Crippen molar-refractivity contribution >= 4 is 24.3 Å². The fraction of sp³-hybridized carbons (Fsp3) is 0.308. The molecule has 3 atom stereocenters. The number of anilines is 1. The van der Waals surface area contributed by atoms with Gasteiger partial charge in [0.05, 0.1) is 50.4 Å². The van der Waals surface area contributed by atoms with Crippen LogP contribution in [0.1, 0.15) is 35.0 Å². The summed E-state index contributed by atoms with van der Waals surface area (Å²) in [6, 6.07) is 22.0. The summed E-state index contributed by atoms with van der Waals surface area (Å²) in [5.74, 6) is -0.239. The molecule has 3 aliphatic rings. The molecule has 0 aliphatic carbocycles. The molecule has 3 aliphatic heterocycles. The molecule has 8 rings (SSSR count). The molecule has 0 spiro atoms. The summed E-state index contributed by atoms with van der Waals surface area (Å²) in [5.41, 5.74) is 9.06. The minimum Gasteiger partial charge on any atom is -0.371 e. The van der Waals surface area contributed by atoms with E-state index in [4.69, 9.17) is 25.4 Å². The number of aromatic nitrogens is 4. The normalized spacial score (nSPS) is 19.3. The van der Waals surface area contributed by atoms with Crippen molar-refractivity contribution in [1.82, 2.24) is 30.2 Å². The Labute approximate surface area is 328 Å². The lowest BCUT2D eigenvalue weighted by Crippen LogP contribution is -2.45. The van der Waals surface area contributed by atoms with E-state index in [0.717, 1.165) is 36.4 Å². The van der Waals surface area contributed by atoms with E-state index < -0.39 is 0 Å². The second-order valence-corrected chi connectivity index (χ2v) is 12.8. The Morgan fingerprint density at radius 3 is 1.84 bits per heavy atom. The fourth-order valence-corrected chi connectivity index (χ4v) is 6.09. The van der Waals surface area contributed by atoms with Gasteiger partial charge >= 0.3 is 0 Å².